The molecule has 0 unspecified atom stereocenters. The minimum Gasteiger partial charge on any atom is -0.465 e. The number of benzene rings is 2. The molecule has 6 heteroatoms. The third kappa shape index (κ3) is 3.17. The Morgan fingerprint density at radius 1 is 1.14 bits per heavy atom. The van der Waals surface area contributed by atoms with Crippen LogP contribution in [-0.2, 0) is 4.74 Å². The smallest absolute Gasteiger partial charge is 0.341 e. The van der Waals surface area contributed by atoms with Crippen molar-refractivity contribution in [3.63, 3.8) is 0 Å². The highest BCUT2D eigenvalue weighted by Crippen LogP contribution is 2.33. The first-order valence-electron chi connectivity index (χ1n) is 6.13. The fourth-order valence-electron chi connectivity index (χ4n) is 1.81. The van der Waals surface area contributed by atoms with E-state index in [1.54, 1.807) is 31.2 Å². The van der Waals surface area contributed by atoms with Crippen LogP contribution >= 0.6 is 0 Å². The number of methoxy groups -OCH3 is 1. The molecule has 0 aliphatic carbocycles. The van der Waals surface area contributed by atoms with Crippen LogP contribution in [0, 0.1) is 17.0 Å². The number of nitrogens with zero attached hydrogens (tertiary/aromatic N) is 1. The molecule has 0 aromatic heterocycles. The van der Waals surface area contributed by atoms with Gasteiger partial charge in [0.05, 0.1) is 12.0 Å². The number of rotatable bonds is 4. The highest BCUT2D eigenvalue weighted by molar-refractivity contribution is 5.92. The molecule has 0 saturated heterocycles. The summed E-state index contributed by atoms with van der Waals surface area (Å²) in [5.74, 6) is -0.293. The molecule has 0 radical (unpaired) electrons. The van der Waals surface area contributed by atoms with Crippen molar-refractivity contribution in [2.24, 2.45) is 0 Å². The van der Waals surface area contributed by atoms with Crippen LogP contribution in [0.25, 0.3) is 0 Å². The van der Waals surface area contributed by atoms with Crippen LogP contribution in [0.5, 0.6) is 11.5 Å². The number of esters is 1. The van der Waals surface area contributed by atoms with E-state index in [0.29, 0.717) is 0 Å². The summed E-state index contributed by atoms with van der Waals surface area (Å²) in [7, 11) is 1.26. The van der Waals surface area contributed by atoms with Crippen LogP contribution in [0.1, 0.15) is 15.9 Å². The van der Waals surface area contributed by atoms with Crippen molar-refractivity contribution in [1.29, 1.82) is 0 Å². The highest BCUT2D eigenvalue weighted by Gasteiger charge is 2.19. The van der Waals surface area contributed by atoms with Crippen molar-refractivity contribution in [1.82, 2.24) is 0 Å². The van der Waals surface area contributed by atoms with Crippen LogP contribution in [0.15, 0.2) is 42.5 Å². The summed E-state index contributed by atoms with van der Waals surface area (Å²) in [6.07, 6.45) is 0. The summed E-state index contributed by atoms with van der Waals surface area (Å²) < 4.78 is 10.2. The Labute approximate surface area is 121 Å². The van der Waals surface area contributed by atoms with E-state index in [2.05, 4.69) is 4.74 Å². The van der Waals surface area contributed by atoms with Crippen molar-refractivity contribution in [3.05, 3.63) is 63.7 Å². The Morgan fingerprint density at radius 3 is 2.52 bits per heavy atom. The first-order chi connectivity index (χ1) is 10.0. The number of ether oxygens (including phenoxy) is 2. The molecule has 2 rings (SSSR count). The largest absolute Gasteiger partial charge is 0.465 e. The molecular weight excluding hydrogens is 274 g/mol. The maximum absolute atomic E-state index is 11.7. The predicted octanol–water partition coefficient (Wildman–Crippen LogP) is 3.48. The zero-order chi connectivity index (χ0) is 15.4. The number of para-hydroxylation sites is 1. The van der Waals surface area contributed by atoms with E-state index in [1.807, 2.05) is 0 Å². The number of carbonyl (C=O) groups excluding carboxylic acids is 1. The summed E-state index contributed by atoms with van der Waals surface area (Å²) in [6, 6.07) is 11.0. The van der Waals surface area contributed by atoms with Crippen LogP contribution < -0.4 is 4.74 Å². The second kappa shape index (κ2) is 6.04. The van der Waals surface area contributed by atoms with Crippen LogP contribution in [0.3, 0.4) is 0 Å². The summed E-state index contributed by atoms with van der Waals surface area (Å²) in [5, 5.41) is 11.1. The quantitative estimate of drug-likeness (QED) is 0.488. The van der Waals surface area contributed by atoms with E-state index in [1.165, 1.54) is 25.3 Å². The maximum atomic E-state index is 11.7. The van der Waals surface area contributed by atoms with Crippen molar-refractivity contribution >= 4 is 11.7 Å². The summed E-state index contributed by atoms with van der Waals surface area (Å²) in [5.41, 5.74) is 0.792. The van der Waals surface area contributed by atoms with Gasteiger partial charge in [0.15, 0.2) is 0 Å². The molecule has 6 nitrogen and oxygen atoms in total. The molecule has 0 fully saturated rings. The Bertz CT molecular complexity index is 696. The van der Waals surface area contributed by atoms with Crippen LogP contribution in [0.2, 0.25) is 0 Å². The topological polar surface area (TPSA) is 78.7 Å². The van der Waals surface area contributed by atoms with Gasteiger partial charge in [-0.25, -0.2) is 4.79 Å². The number of nitro groups is 1. The Kier molecular flexibility index (Phi) is 4.18. The molecule has 0 atom stereocenters. The van der Waals surface area contributed by atoms with Gasteiger partial charge in [-0.15, -0.1) is 0 Å². The minimum absolute atomic E-state index is 0.0713. The molecule has 0 aliphatic heterocycles. The van der Waals surface area contributed by atoms with Gasteiger partial charge in [-0.3, -0.25) is 10.1 Å². The normalized spacial score (nSPS) is 10.0. The van der Waals surface area contributed by atoms with Gasteiger partial charge < -0.3 is 9.47 Å². The summed E-state index contributed by atoms with van der Waals surface area (Å²) in [6.45, 7) is 1.75. The molecule has 0 bridgehead atoms. The van der Waals surface area contributed by atoms with Gasteiger partial charge >= 0.3 is 11.7 Å². The average Bonchev–Trinajstić information content (AvgIpc) is 2.48. The average molecular weight is 287 g/mol. The molecule has 0 aliphatic rings. The molecule has 21 heavy (non-hydrogen) atoms. The fourth-order valence-corrected chi connectivity index (χ4v) is 1.81. The molecule has 2 aromatic rings. The van der Waals surface area contributed by atoms with Gasteiger partial charge in [0, 0.05) is 6.07 Å². The maximum Gasteiger partial charge on any atom is 0.341 e. The van der Waals surface area contributed by atoms with Crippen molar-refractivity contribution in [3.8, 4) is 11.5 Å². The molecule has 0 heterocycles. The molecule has 0 spiro atoms. The molecule has 2 aromatic carbocycles. The first-order valence-corrected chi connectivity index (χ1v) is 6.13. The van der Waals surface area contributed by atoms with Gasteiger partial charge in [-0.1, -0.05) is 18.2 Å². The van der Waals surface area contributed by atoms with Gasteiger partial charge in [0.25, 0.3) is 0 Å². The van der Waals surface area contributed by atoms with Crippen molar-refractivity contribution in [2.75, 3.05) is 7.11 Å². The molecule has 108 valence electrons. The van der Waals surface area contributed by atoms with E-state index in [-0.39, 0.29) is 22.7 Å². The van der Waals surface area contributed by atoms with Crippen molar-refractivity contribution in [2.45, 2.75) is 6.92 Å². The lowest BCUT2D eigenvalue weighted by molar-refractivity contribution is -0.385. The SMILES string of the molecule is COC(=O)c1ccccc1Oc1ccc(C)cc1[N+](=O)[O-]. The van der Waals surface area contributed by atoms with Crippen molar-refractivity contribution < 1.29 is 19.2 Å². The van der Waals surface area contributed by atoms with E-state index >= 15 is 0 Å². The van der Waals surface area contributed by atoms with Gasteiger partial charge in [0.2, 0.25) is 5.75 Å². The number of nitro benzene ring substituents is 1. The van der Waals surface area contributed by atoms with Crippen LogP contribution in [0.4, 0.5) is 5.69 Å². The Balaban J connectivity index is 2.44. The van der Waals surface area contributed by atoms with E-state index < -0.39 is 10.9 Å². The summed E-state index contributed by atoms with van der Waals surface area (Å²) >= 11 is 0. The second-order valence-corrected chi connectivity index (χ2v) is 4.32. The number of hydrogen-bond donors (Lipinski definition) is 0. The minimum atomic E-state index is -0.569. The standard InChI is InChI=1S/C15H13NO5/c1-10-7-8-14(12(9-10)16(18)19)21-13-6-4-3-5-11(13)15(17)20-2/h3-9H,1-2H3. The first kappa shape index (κ1) is 14.5. The van der Waals surface area contributed by atoms with E-state index in [0.717, 1.165) is 5.56 Å². The third-order valence-electron chi connectivity index (χ3n) is 2.82. The lowest BCUT2D eigenvalue weighted by Crippen LogP contribution is -2.04. The zero-order valence-corrected chi connectivity index (χ0v) is 11.5. The van der Waals surface area contributed by atoms with Gasteiger partial charge in [0.1, 0.15) is 11.3 Å². The van der Waals surface area contributed by atoms with Crippen LogP contribution in [-0.4, -0.2) is 18.0 Å². The molecule has 0 amide bonds. The highest BCUT2D eigenvalue weighted by atomic mass is 16.6. The van der Waals surface area contributed by atoms with E-state index in [4.69, 9.17) is 4.74 Å². The molecule has 0 saturated carbocycles. The lowest BCUT2D eigenvalue weighted by Gasteiger charge is -2.10. The molecular formula is C15H13NO5. The fraction of sp³-hybridized carbons (Fsp3) is 0.133. The monoisotopic (exact) mass is 287 g/mol. The predicted molar refractivity (Wildman–Crippen MR) is 75.7 cm³/mol. The van der Waals surface area contributed by atoms with E-state index in [9.17, 15) is 14.9 Å². The zero-order valence-electron chi connectivity index (χ0n) is 11.5. The Hall–Kier alpha value is -2.89. The number of aryl methyl sites for hydroxylation is 1. The van der Waals surface area contributed by atoms with Gasteiger partial charge in [-0.2, -0.15) is 0 Å². The third-order valence-corrected chi connectivity index (χ3v) is 2.82. The number of carbonyl (C=O) groups is 1. The Morgan fingerprint density at radius 2 is 1.86 bits per heavy atom. The molecule has 0 N–H and O–H groups in total. The number of hydrogen-bond acceptors (Lipinski definition) is 5. The lowest BCUT2D eigenvalue weighted by atomic mass is 10.2. The van der Waals surface area contributed by atoms with Gasteiger partial charge in [-0.05, 0) is 30.7 Å². The second-order valence-electron chi connectivity index (χ2n) is 4.32. The summed E-state index contributed by atoms with van der Waals surface area (Å²) in [4.78, 5) is 22.2.